The maximum absolute atomic E-state index is 14.1. The number of nitrogens with zero attached hydrogens (tertiary/aromatic N) is 5. The molecule has 2 aromatic heterocycles. The molecule has 0 saturated heterocycles. The highest BCUT2D eigenvalue weighted by atomic mass is 35.5. The molecular formula is C18H14ClFN6O. The van der Waals surface area contributed by atoms with Crippen molar-refractivity contribution in [3.8, 4) is 5.69 Å². The van der Waals surface area contributed by atoms with Gasteiger partial charge in [-0.1, -0.05) is 17.7 Å². The number of benzene rings is 2. The van der Waals surface area contributed by atoms with Crippen LogP contribution in [0.1, 0.15) is 5.82 Å². The molecule has 4 aromatic rings. The van der Waals surface area contributed by atoms with Crippen molar-refractivity contribution in [2.24, 2.45) is 0 Å². The van der Waals surface area contributed by atoms with Crippen LogP contribution in [0.15, 0.2) is 48.7 Å². The number of rotatable bonds is 4. The maximum atomic E-state index is 14.1. The first-order valence-corrected chi connectivity index (χ1v) is 8.48. The van der Waals surface area contributed by atoms with Gasteiger partial charge in [0.2, 0.25) is 5.91 Å². The van der Waals surface area contributed by atoms with Gasteiger partial charge in [0.1, 0.15) is 18.0 Å². The van der Waals surface area contributed by atoms with Gasteiger partial charge in [-0.25, -0.2) is 4.39 Å². The Hall–Kier alpha value is -3.26. The normalized spacial score (nSPS) is 11.1. The number of aryl methyl sites for hydroxylation is 1. The zero-order valence-electron chi connectivity index (χ0n) is 14.2. The largest absolute Gasteiger partial charge is 0.338 e. The van der Waals surface area contributed by atoms with Crippen LogP contribution in [0.2, 0.25) is 5.02 Å². The summed E-state index contributed by atoms with van der Waals surface area (Å²) in [4.78, 5) is 12.5. The highest BCUT2D eigenvalue weighted by Crippen LogP contribution is 2.21. The fourth-order valence-electron chi connectivity index (χ4n) is 2.86. The molecule has 0 aliphatic heterocycles. The third-order valence-electron chi connectivity index (χ3n) is 4.13. The van der Waals surface area contributed by atoms with Gasteiger partial charge in [0.25, 0.3) is 0 Å². The number of aromatic nitrogens is 5. The highest BCUT2D eigenvalue weighted by Gasteiger charge is 2.12. The lowest BCUT2D eigenvalue weighted by atomic mass is 10.2. The van der Waals surface area contributed by atoms with Crippen LogP contribution in [0, 0.1) is 12.7 Å². The SMILES string of the molecule is Cc1nnnn1-c1cc(NC(=O)Cn2ccc3ccc(Cl)cc32)ccc1F. The monoisotopic (exact) mass is 384 g/mol. The van der Waals surface area contributed by atoms with E-state index in [0.29, 0.717) is 16.5 Å². The fourth-order valence-corrected chi connectivity index (χ4v) is 3.02. The van der Waals surface area contributed by atoms with Crippen molar-refractivity contribution < 1.29 is 9.18 Å². The molecule has 2 heterocycles. The van der Waals surface area contributed by atoms with Crippen LogP contribution in [0.4, 0.5) is 10.1 Å². The van der Waals surface area contributed by atoms with E-state index in [1.807, 2.05) is 18.3 Å². The number of amides is 1. The molecule has 1 amide bonds. The van der Waals surface area contributed by atoms with Gasteiger partial charge in [-0.15, -0.1) is 5.10 Å². The molecule has 136 valence electrons. The van der Waals surface area contributed by atoms with Gasteiger partial charge in [0.15, 0.2) is 5.82 Å². The van der Waals surface area contributed by atoms with Gasteiger partial charge >= 0.3 is 0 Å². The first-order chi connectivity index (χ1) is 13.0. The minimum atomic E-state index is -0.491. The van der Waals surface area contributed by atoms with E-state index in [-0.39, 0.29) is 18.1 Å². The van der Waals surface area contributed by atoms with Crippen LogP contribution in [-0.4, -0.2) is 30.7 Å². The van der Waals surface area contributed by atoms with Crippen molar-refractivity contribution in [1.82, 2.24) is 24.8 Å². The summed E-state index contributed by atoms with van der Waals surface area (Å²) in [5.74, 6) is -0.305. The lowest BCUT2D eigenvalue weighted by Crippen LogP contribution is -2.18. The molecule has 2 aromatic carbocycles. The number of halogens is 2. The molecule has 0 unspecified atom stereocenters. The minimum absolute atomic E-state index is 0.0977. The summed E-state index contributed by atoms with van der Waals surface area (Å²) < 4.78 is 17.2. The number of carbonyl (C=O) groups is 1. The van der Waals surface area contributed by atoms with E-state index in [2.05, 4.69) is 20.8 Å². The second-order valence-corrected chi connectivity index (χ2v) is 6.44. The Labute approximate surface area is 158 Å². The molecular weight excluding hydrogens is 371 g/mol. The minimum Gasteiger partial charge on any atom is -0.338 e. The Morgan fingerprint density at radius 3 is 2.85 bits per heavy atom. The van der Waals surface area contributed by atoms with E-state index in [1.165, 1.54) is 22.9 Å². The molecule has 0 atom stereocenters. The molecule has 0 fully saturated rings. The fraction of sp³-hybridized carbons (Fsp3) is 0.111. The Kier molecular flexibility index (Phi) is 4.33. The Balaban J connectivity index is 1.56. The van der Waals surface area contributed by atoms with Gasteiger partial charge in [-0.3, -0.25) is 4.79 Å². The van der Waals surface area contributed by atoms with Crippen LogP contribution < -0.4 is 5.32 Å². The number of nitrogens with one attached hydrogen (secondary N) is 1. The molecule has 1 N–H and O–H groups in total. The molecule has 0 saturated carbocycles. The van der Waals surface area contributed by atoms with E-state index >= 15 is 0 Å². The lowest BCUT2D eigenvalue weighted by Gasteiger charge is -2.10. The molecule has 0 spiro atoms. The molecule has 27 heavy (non-hydrogen) atoms. The van der Waals surface area contributed by atoms with E-state index in [0.717, 1.165) is 10.9 Å². The summed E-state index contributed by atoms with van der Waals surface area (Å²) in [5, 5.41) is 15.4. The molecule has 0 radical (unpaired) electrons. The van der Waals surface area contributed by atoms with E-state index in [1.54, 1.807) is 23.6 Å². The van der Waals surface area contributed by atoms with Crippen molar-refractivity contribution in [1.29, 1.82) is 0 Å². The predicted molar refractivity (Wildman–Crippen MR) is 99.4 cm³/mol. The summed E-state index contributed by atoms with van der Waals surface area (Å²) in [6, 6.07) is 11.7. The summed E-state index contributed by atoms with van der Waals surface area (Å²) in [6.07, 6.45) is 1.82. The van der Waals surface area contributed by atoms with E-state index in [4.69, 9.17) is 11.6 Å². The van der Waals surface area contributed by atoms with E-state index < -0.39 is 5.82 Å². The number of carbonyl (C=O) groups excluding carboxylic acids is 1. The van der Waals surface area contributed by atoms with Gasteiger partial charge < -0.3 is 9.88 Å². The number of hydrogen-bond acceptors (Lipinski definition) is 4. The second-order valence-electron chi connectivity index (χ2n) is 6.00. The predicted octanol–water partition coefficient (Wildman–Crippen LogP) is 3.36. The second kappa shape index (κ2) is 6.81. The summed E-state index contributed by atoms with van der Waals surface area (Å²) >= 11 is 6.04. The number of hydrogen-bond donors (Lipinski definition) is 1. The smallest absolute Gasteiger partial charge is 0.244 e. The first-order valence-electron chi connectivity index (χ1n) is 8.10. The number of anilines is 1. The zero-order valence-corrected chi connectivity index (χ0v) is 15.0. The first kappa shape index (κ1) is 17.2. The third kappa shape index (κ3) is 3.39. The van der Waals surface area contributed by atoms with Crippen molar-refractivity contribution in [3.63, 3.8) is 0 Å². The van der Waals surface area contributed by atoms with Crippen LogP contribution >= 0.6 is 11.6 Å². The number of fused-ring (bicyclic) bond motifs is 1. The van der Waals surface area contributed by atoms with Crippen molar-refractivity contribution in [2.45, 2.75) is 13.5 Å². The average molecular weight is 385 g/mol. The summed E-state index contributed by atoms with van der Waals surface area (Å²) in [5.41, 5.74) is 1.47. The average Bonchev–Trinajstić information content (AvgIpc) is 3.23. The topological polar surface area (TPSA) is 77.6 Å². The van der Waals surface area contributed by atoms with Gasteiger partial charge in [0, 0.05) is 22.4 Å². The molecule has 9 heteroatoms. The zero-order chi connectivity index (χ0) is 19.0. The quantitative estimate of drug-likeness (QED) is 0.585. The van der Waals surface area contributed by atoms with Crippen LogP contribution in [0.3, 0.4) is 0 Å². The summed E-state index contributed by atoms with van der Waals surface area (Å²) in [7, 11) is 0. The van der Waals surface area contributed by atoms with Crippen molar-refractivity contribution in [2.75, 3.05) is 5.32 Å². The highest BCUT2D eigenvalue weighted by molar-refractivity contribution is 6.31. The lowest BCUT2D eigenvalue weighted by molar-refractivity contribution is -0.116. The van der Waals surface area contributed by atoms with Gasteiger partial charge in [-0.05, 0) is 59.1 Å². The molecule has 7 nitrogen and oxygen atoms in total. The standard InChI is InChI=1S/C18H14ClFN6O/c1-11-22-23-24-26(11)17-9-14(4-5-15(17)20)21-18(27)10-25-7-6-12-2-3-13(19)8-16(12)25/h2-9H,10H2,1H3,(H,21,27). The van der Waals surface area contributed by atoms with Crippen LogP contribution in [-0.2, 0) is 11.3 Å². The molecule has 0 aliphatic carbocycles. The van der Waals surface area contributed by atoms with Crippen molar-refractivity contribution >= 4 is 34.1 Å². The maximum Gasteiger partial charge on any atom is 0.244 e. The number of tetrazole rings is 1. The van der Waals surface area contributed by atoms with E-state index in [9.17, 15) is 9.18 Å². The molecule has 4 rings (SSSR count). The Bertz CT molecular complexity index is 1150. The van der Waals surface area contributed by atoms with Gasteiger partial charge in [0.05, 0.1) is 0 Å². The van der Waals surface area contributed by atoms with Gasteiger partial charge in [-0.2, -0.15) is 4.68 Å². The van der Waals surface area contributed by atoms with Crippen LogP contribution in [0.5, 0.6) is 0 Å². The summed E-state index contributed by atoms with van der Waals surface area (Å²) in [6.45, 7) is 1.76. The Morgan fingerprint density at radius 2 is 2.07 bits per heavy atom. The molecule has 0 aliphatic rings. The van der Waals surface area contributed by atoms with Crippen LogP contribution in [0.25, 0.3) is 16.6 Å². The third-order valence-corrected chi connectivity index (χ3v) is 4.37. The van der Waals surface area contributed by atoms with Crippen molar-refractivity contribution in [3.05, 3.63) is 65.3 Å². The Morgan fingerprint density at radius 1 is 1.22 bits per heavy atom. The molecule has 0 bridgehead atoms.